The second-order valence-electron chi connectivity index (χ2n) is 4.62. The highest BCUT2D eigenvalue weighted by Gasteiger charge is 2.11. The molecule has 0 unspecified atom stereocenters. The highest BCUT2D eigenvalue weighted by atomic mass is 16.5. The molecule has 5 heteroatoms. The van der Waals surface area contributed by atoms with E-state index >= 15 is 0 Å². The van der Waals surface area contributed by atoms with Crippen LogP contribution in [0.4, 0.5) is 0 Å². The summed E-state index contributed by atoms with van der Waals surface area (Å²) in [5.74, 6) is 0.237. The predicted octanol–water partition coefficient (Wildman–Crippen LogP) is 2.81. The van der Waals surface area contributed by atoms with E-state index in [1.165, 1.54) is 0 Å². The summed E-state index contributed by atoms with van der Waals surface area (Å²) in [4.78, 5) is 15.4. The number of carbonyl (C=O) groups is 1. The number of hydrogen-bond donors (Lipinski definition) is 1. The van der Waals surface area contributed by atoms with Crippen molar-refractivity contribution in [2.45, 2.75) is 6.42 Å². The minimum atomic E-state index is -0.952. The molecule has 2 rings (SSSR count). The zero-order valence-corrected chi connectivity index (χ0v) is 12.4. The normalized spacial score (nSPS) is 11.1. The first kappa shape index (κ1) is 15.6. The van der Waals surface area contributed by atoms with Gasteiger partial charge in [-0.15, -0.1) is 0 Å². The quantitative estimate of drug-likeness (QED) is 0.831. The Kier molecular flexibility index (Phi) is 5.14. The summed E-state index contributed by atoms with van der Waals surface area (Å²) < 4.78 is 10.4. The van der Waals surface area contributed by atoms with Crippen LogP contribution in [0.25, 0.3) is 6.08 Å². The maximum Gasteiger partial charge on any atom is 0.331 e. The summed E-state index contributed by atoms with van der Waals surface area (Å²) in [7, 11) is 3.11. The Morgan fingerprint density at radius 1 is 1.14 bits per heavy atom. The molecule has 0 spiro atoms. The van der Waals surface area contributed by atoms with Crippen LogP contribution in [-0.2, 0) is 11.2 Å². The van der Waals surface area contributed by atoms with Crippen LogP contribution in [0.1, 0.15) is 11.1 Å². The van der Waals surface area contributed by atoms with Crippen molar-refractivity contribution in [3.8, 4) is 11.5 Å². The van der Waals surface area contributed by atoms with Gasteiger partial charge in [0.25, 0.3) is 0 Å². The summed E-state index contributed by atoms with van der Waals surface area (Å²) in [6.45, 7) is 0. The Labute approximate surface area is 128 Å². The lowest BCUT2D eigenvalue weighted by molar-refractivity contribution is -0.132. The first-order chi connectivity index (χ1) is 10.6. The van der Waals surface area contributed by atoms with E-state index in [9.17, 15) is 9.90 Å². The molecule has 1 aromatic heterocycles. The number of hydrogen-bond acceptors (Lipinski definition) is 4. The van der Waals surface area contributed by atoms with Gasteiger partial charge in [0.1, 0.15) is 0 Å². The summed E-state index contributed by atoms with van der Waals surface area (Å²) in [6, 6.07) is 8.89. The number of carboxylic acid groups (broad SMARTS) is 1. The van der Waals surface area contributed by atoms with Crippen LogP contribution in [0, 0.1) is 0 Å². The van der Waals surface area contributed by atoms with Crippen molar-refractivity contribution in [3.63, 3.8) is 0 Å². The highest BCUT2D eigenvalue weighted by Crippen LogP contribution is 2.28. The van der Waals surface area contributed by atoms with Crippen LogP contribution in [-0.4, -0.2) is 30.3 Å². The maximum atomic E-state index is 11.4. The highest BCUT2D eigenvalue weighted by molar-refractivity contribution is 5.92. The first-order valence-corrected chi connectivity index (χ1v) is 6.69. The number of benzene rings is 1. The fourth-order valence-electron chi connectivity index (χ4n) is 2.06. The van der Waals surface area contributed by atoms with Crippen LogP contribution in [0.2, 0.25) is 0 Å². The van der Waals surface area contributed by atoms with Crippen LogP contribution < -0.4 is 9.47 Å². The first-order valence-electron chi connectivity index (χ1n) is 6.69. The lowest BCUT2D eigenvalue weighted by atomic mass is 10.0. The van der Waals surface area contributed by atoms with Crippen molar-refractivity contribution in [3.05, 3.63) is 59.4 Å². The van der Waals surface area contributed by atoms with Gasteiger partial charge in [-0.05, 0) is 41.5 Å². The van der Waals surface area contributed by atoms with Gasteiger partial charge >= 0.3 is 5.97 Å². The largest absolute Gasteiger partial charge is 0.493 e. The summed E-state index contributed by atoms with van der Waals surface area (Å²) >= 11 is 0. The molecule has 22 heavy (non-hydrogen) atoms. The number of aromatic nitrogens is 1. The lowest BCUT2D eigenvalue weighted by Gasteiger charge is -2.10. The monoisotopic (exact) mass is 299 g/mol. The molecular formula is C17H17NO4. The van der Waals surface area contributed by atoms with E-state index in [0.29, 0.717) is 17.1 Å². The van der Waals surface area contributed by atoms with Gasteiger partial charge in [-0.25, -0.2) is 4.79 Å². The average Bonchev–Trinajstić information content (AvgIpc) is 2.55. The molecule has 0 saturated carbocycles. The Bertz CT molecular complexity index is 680. The molecule has 0 bridgehead atoms. The zero-order chi connectivity index (χ0) is 15.9. The van der Waals surface area contributed by atoms with Crippen molar-refractivity contribution >= 4 is 12.0 Å². The number of methoxy groups -OCH3 is 2. The van der Waals surface area contributed by atoms with E-state index in [1.807, 2.05) is 6.07 Å². The van der Waals surface area contributed by atoms with E-state index < -0.39 is 5.97 Å². The summed E-state index contributed by atoms with van der Waals surface area (Å²) in [5.41, 5.74) is 1.92. The van der Waals surface area contributed by atoms with Gasteiger partial charge < -0.3 is 14.6 Å². The standard InChI is InChI=1S/C17H17NO4/c1-21-15-4-3-13(11-16(15)22-2)10-14(17(19)20)9-12-5-7-18-8-6-12/h3-9,11H,10H2,1-2H3,(H,19,20). The van der Waals surface area contributed by atoms with Crippen LogP contribution >= 0.6 is 0 Å². The molecule has 114 valence electrons. The SMILES string of the molecule is COc1ccc(CC(=Cc2ccncc2)C(=O)O)cc1OC. The number of aliphatic carboxylic acids is 1. The molecule has 0 saturated heterocycles. The van der Waals surface area contributed by atoms with Crippen molar-refractivity contribution in [1.29, 1.82) is 0 Å². The van der Waals surface area contributed by atoms with Gasteiger partial charge in [-0.1, -0.05) is 6.07 Å². The topological polar surface area (TPSA) is 68.7 Å². The molecule has 1 N–H and O–H groups in total. The van der Waals surface area contributed by atoms with Crippen molar-refractivity contribution in [1.82, 2.24) is 4.98 Å². The average molecular weight is 299 g/mol. The van der Waals surface area contributed by atoms with Crippen molar-refractivity contribution in [2.24, 2.45) is 0 Å². The van der Waals surface area contributed by atoms with Gasteiger partial charge in [0.15, 0.2) is 11.5 Å². The Morgan fingerprint density at radius 2 is 1.82 bits per heavy atom. The third kappa shape index (κ3) is 3.85. The van der Waals surface area contributed by atoms with Gasteiger partial charge in [0.2, 0.25) is 0 Å². The van der Waals surface area contributed by atoms with Crippen molar-refractivity contribution in [2.75, 3.05) is 14.2 Å². The molecule has 5 nitrogen and oxygen atoms in total. The Balaban J connectivity index is 2.29. The number of rotatable bonds is 6. The lowest BCUT2D eigenvalue weighted by Crippen LogP contribution is -2.04. The van der Waals surface area contributed by atoms with Crippen LogP contribution in [0.3, 0.4) is 0 Å². The van der Waals surface area contributed by atoms with Gasteiger partial charge in [-0.2, -0.15) is 0 Å². The second kappa shape index (κ2) is 7.26. The van der Waals surface area contributed by atoms with E-state index in [2.05, 4.69) is 4.98 Å². The molecule has 0 fully saturated rings. The van der Waals surface area contributed by atoms with Crippen LogP contribution in [0.5, 0.6) is 11.5 Å². The van der Waals surface area contributed by atoms with E-state index in [0.717, 1.165) is 11.1 Å². The smallest absolute Gasteiger partial charge is 0.331 e. The van der Waals surface area contributed by atoms with Crippen molar-refractivity contribution < 1.29 is 19.4 Å². The zero-order valence-electron chi connectivity index (χ0n) is 12.4. The summed E-state index contributed by atoms with van der Waals surface area (Å²) in [6.07, 6.45) is 5.18. The minimum Gasteiger partial charge on any atom is -0.493 e. The molecule has 0 aliphatic rings. The Hall–Kier alpha value is -2.82. The maximum absolute atomic E-state index is 11.4. The van der Waals surface area contributed by atoms with E-state index in [-0.39, 0.29) is 6.42 Å². The number of nitrogens with zero attached hydrogens (tertiary/aromatic N) is 1. The van der Waals surface area contributed by atoms with Gasteiger partial charge in [0.05, 0.1) is 14.2 Å². The fourth-order valence-corrected chi connectivity index (χ4v) is 2.06. The molecule has 1 aromatic carbocycles. The number of pyridine rings is 1. The van der Waals surface area contributed by atoms with E-state index in [4.69, 9.17) is 9.47 Å². The van der Waals surface area contributed by atoms with Crippen LogP contribution in [0.15, 0.2) is 48.3 Å². The second-order valence-corrected chi connectivity index (χ2v) is 4.62. The minimum absolute atomic E-state index is 0.290. The molecular weight excluding hydrogens is 282 g/mol. The van der Waals surface area contributed by atoms with Gasteiger partial charge in [-0.3, -0.25) is 4.98 Å². The molecule has 1 heterocycles. The predicted molar refractivity (Wildman–Crippen MR) is 83.1 cm³/mol. The Morgan fingerprint density at radius 3 is 2.41 bits per heavy atom. The summed E-state index contributed by atoms with van der Waals surface area (Å²) in [5, 5.41) is 9.38. The molecule has 0 aliphatic carbocycles. The van der Waals surface area contributed by atoms with E-state index in [1.54, 1.807) is 57.0 Å². The third-order valence-corrected chi connectivity index (χ3v) is 3.16. The molecule has 0 radical (unpaired) electrons. The number of carboxylic acids is 1. The third-order valence-electron chi connectivity index (χ3n) is 3.16. The fraction of sp³-hybridized carbons (Fsp3) is 0.176. The van der Waals surface area contributed by atoms with Gasteiger partial charge in [0, 0.05) is 24.4 Å². The molecule has 0 atom stereocenters. The molecule has 0 amide bonds. The molecule has 0 aliphatic heterocycles. The molecule has 2 aromatic rings. The number of ether oxygens (including phenoxy) is 2.